The van der Waals surface area contributed by atoms with Crippen molar-refractivity contribution in [1.82, 2.24) is 25.2 Å². The van der Waals surface area contributed by atoms with Crippen LogP contribution in [0.5, 0.6) is 5.75 Å². The van der Waals surface area contributed by atoms with E-state index in [0.29, 0.717) is 12.4 Å². The highest BCUT2D eigenvalue weighted by Gasteiger charge is 2.41. The van der Waals surface area contributed by atoms with Gasteiger partial charge in [0.25, 0.3) is 0 Å². The molecule has 0 radical (unpaired) electrons. The van der Waals surface area contributed by atoms with Gasteiger partial charge in [-0.05, 0) is 62.9 Å². The third-order valence-electron chi connectivity index (χ3n) is 8.70. The molecular formula is C42H31N5O. The Labute approximate surface area is 279 Å². The maximum Gasteiger partial charge on any atom is 0.205 e. The van der Waals surface area contributed by atoms with Crippen LogP contribution in [0.25, 0.3) is 33.4 Å². The predicted molar refractivity (Wildman–Crippen MR) is 189 cm³/mol. The Hall–Kier alpha value is -6.40. The van der Waals surface area contributed by atoms with Crippen molar-refractivity contribution >= 4 is 10.9 Å². The zero-order valence-electron chi connectivity index (χ0n) is 26.1. The summed E-state index contributed by atoms with van der Waals surface area (Å²) in [5, 5.41) is 15.8. The van der Waals surface area contributed by atoms with E-state index in [1.807, 2.05) is 66.7 Å². The first-order valence-electron chi connectivity index (χ1n) is 15.9. The lowest BCUT2D eigenvalue weighted by Gasteiger charge is -2.34. The number of benzene rings is 6. The number of aromatic nitrogens is 5. The Morgan fingerprint density at radius 1 is 0.562 bits per heavy atom. The zero-order chi connectivity index (χ0) is 32.2. The molecule has 0 fully saturated rings. The number of tetrazole rings is 1. The molecule has 0 atom stereocenters. The zero-order valence-corrected chi connectivity index (χ0v) is 26.1. The summed E-state index contributed by atoms with van der Waals surface area (Å²) >= 11 is 0. The minimum atomic E-state index is -0.870. The van der Waals surface area contributed by atoms with Gasteiger partial charge >= 0.3 is 0 Å². The summed E-state index contributed by atoms with van der Waals surface area (Å²) in [4.78, 5) is 6.24. The average molecular weight is 622 g/mol. The van der Waals surface area contributed by atoms with E-state index in [-0.39, 0.29) is 0 Å². The molecule has 6 aromatic carbocycles. The Bertz CT molecular complexity index is 2190. The van der Waals surface area contributed by atoms with Crippen LogP contribution in [-0.4, -0.2) is 25.2 Å². The number of hydrogen-bond donors (Lipinski definition) is 0. The quantitative estimate of drug-likeness (QED) is 0.151. The second-order valence-electron chi connectivity index (χ2n) is 11.6. The first-order valence-corrected chi connectivity index (χ1v) is 15.9. The lowest BCUT2D eigenvalue weighted by atomic mass is 9.77. The summed E-state index contributed by atoms with van der Waals surface area (Å²) in [6.07, 6.45) is 1.78. The van der Waals surface area contributed by atoms with Crippen LogP contribution in [0.2, 0.25) is 0 Å². The molecule has 0 aliphatic carbocycles. The molecule has 230 valence electrons. The number of rotatable bonds is 9. The van der Waals surface area contributed by atoms with Crippen molar-refractivity contribution in [1.29, 1.82) is 0 Å². The predicted octanol–water partition coefficient (Wildman–Crippen LogP) is 8.97. The van der Waals surface area contributed by atoms with Gasteiger partial charge < -0.3 is 4.74 Å². The summed E-state index contributed by atoms with van der Waals surface area (Å²) in [7, 11) is 0. The van der Waals surface area contributed by atoms with Crippen LogP contribution in [0.1, 0.15) is 22.3 Å². The molecule has 0 spiro atoms. The van der Waals surface area contributed by atoms with Crippen molar-refractivity contribution in [3.63, 3.8) is 0 Å². The van der Waals surface area contributed by atoms with Crippen molar-refractivity contribution in [3.8, 4) is 28.3 Å². The fourth-order valence-electron chi connectivity index (χ4n) is 6.44. The minimum absolute atomic E-state index is 0.367. The third-order valence-corrected chi connectivity index (χ3v) is 8.70. The first kappa shape index (κ1) is 29.0. The highest BCUT2D eigenvalue weighted by atomic mass is 16.5. The number of pyridine rings is 1. The molecule has 2 aromatic heterocycles. The van der Waals surface area contributed by atoms with Crippen molar-refractivity contribution in [2.24, 2.45) is 0 Å². The molecule has 6 heteroatoms. The number of fused-ring (bicyclic) bond motifs is 1. The van der Waals surface area contributed by atoms with Crippen molar-refractivity contribution in [2.45, 2.75) is 12.1 Å². The second kappa shape index (κ2) is 12.8. The van der Waals surface area contributed by atoms with Gasteiger partial charge in [-0.15, -0.1) is 15.0 Å². The van der Waals surface area contributed by atoms with Crippen LogP contribution in [0.3, 0.4) is 0 Å². The lowest BCUT2D eigenvalue weighted by Crippen LogP contribution is -2.39. The Balaban J connectivity index is 1.27. The maximum absolute atomic E-state index is 6.37. The van der Waals surface area contributed by atoms with Crippen molar-refractivity contribution in [3.05, 3.63) is 198 Å². The molecule has 0 saturated heterocycles. The SMILES string of the molecule is c1ccc(-c2ccc(COc3ccnc4ccccc34)cc2-c2nnn(C(c3ccccc3)(c3ccccc3)c3ccccc3)n2)cc1. The normalized spacial score (nSPS) is 11.4. The van der Waals surface area contributed by atoms with E-state index >= 15 is 0 Å². The van der Waals surface area contributed by atoms with Crippen LogP contribution in [0, 0.1) is 0 Å². The molecule has 0 N–H and O–H groups in total. The largest absolute Gasteiger partial charge is 0.488 e. The van der Waals surface area contributed by atoms with Gasteiger partial charge in [0.2, 0.25) is 5.82 Å². The molecule has 0 aliphatic heterocycles. The van der Waals surface area contributed by atoms with Gasteiger partial charge in [-0.3, -0.25) is 4.98 Å². The topological polar surface area (TPSA) is 65.7 Å². The summed E-state index contributed by atoms with van der Waals surface area (Å²) in [5.74, 6) is 1.31. The van der Waals surface area contributed by atoms with E-state index in [1.54, 1.807) is 11.0 Å². The second-order valence-corrected chi connectivity index (χ2v) is 11.6. The average Bonchev–Trinajstić information content (AvgIpc) is 3.66. The number of nitrogens with zero attached hydrogens (tertiary/aromatic N) is 5. The highest BCUT2D eigenvalue weighted by Crippen LogP contribution is 2.40. The fraction of sp³-hybridized carbons (Fsp3) is 0.0476. The van der Waals surface area contributed by atoms with Gasteiger partial charge in [0.15, 0.2) is 5.54 Å². The van der Waals surface area contributed by atoms with Gasteiger partial charge in [-0.2, -0.15) is 0 Å². The van der Waals surface area contributed by atoms with Crippen LogP contribution in [-0.2, 0) is 12.1 Å². The Kier molecular flexibility index (Phi) is 7.73. The molecule has 8 rings (SSSR count). The van der Waals surface area contributed by atoms with Gasteiger partial charge in [0.1, 0.15) is 12.4 Å². The smallest absolute Gasteiger partial charge is 0.205 e. The van der Waals surface area contributed by atoms with E-state index < -0.39 is 5.54 Å². The first-order chi connectivity index (χ1) is 23.8. The molecule has 48 heavy (non-hydrogen) atoms. The molecule has 0 bridgehead atoms. The summed E-state index contributed by atoms with van der Waals surface area (Å²) in [6, 6.07) is 57.7. The fourth-order valence-corrected chi connectivity index (χ4v) is 6.44. The summed E-state index contributed by atoms with van der Waals surface area (Å²) in [6.45, 7) is 0.367. The Morgan fingerprint density at radius 3 is 1.79 bits per heavy atom. The molecule has 6 nitrogen and oxygen atoms in total. The van der Waals surface area contributed by atoms with Crippen LogP contribution >= 0.6 is 0 Å². The van der Waals surface area contributed by atoms with Crippen LogP contribution in [0.15, 0.2) is 176 Å². The van der Waals surface area contributed by atoms with E-state index in [9.17, 15) is 0 Å². The van der Waals surface area contributed by atoms with Gasteiger partial charge in [0, 0.05) is 17.1 Å². The molecule has 0 amide bonds. The highest BCUT2D eigenvalue weighted by molar-refractivity contribution is 5.84. The summed E-state index contributed by atoms with van der Waals surface area (Å²) in [5.41, 5.74) is 7.05. The number of para-hydroxylation sites is 1. The number of ether oxygens (including phenoxy) is 1. The standard InChI is InChI=1S/C42H31N5O/c1-5-15-32(16-6-1)36-26-25-31(30-48-40-27-28-43-39-24-14-13-23-37(39)40)29-38(36)41-44-46-47(45-41)42(33-17-7-2-8-18-33,34-19-9-3-10-20-34)35-21-11-4-12-22-35/h1-29H,30H2. The van der Waals surface area contributed by atoms with Crippen LogP contribution in [0.4, 0.5) is 0 Å². The molecule has 2 heterocycles. The monoisotopic (exact) mass is 621 g/mol. The lowest BCUT2D eigenvalue weighted by molar-refractivity contribution is 0.310. The van der Waals surface area contributed by atoms with Crippen LogP contribution < -0.4 is 4.74 Å². The third kappa shape index (κ3) is 5.29. The Morgan fingerprint density at radius 2 is 1.15 bits per heavy atom. The van der Waals surface area contributed by atoms with Crippen molar-refractivity contribution < 1.29 is 4.74 Å². The van der Waals surface area contributed by atoms with E-state index in [0.717, 1.165) is 55.6 Å². The molecule has 0 unspecified atom stereocenters. The van der Waals surface area contributed by atoms with E-state index in [4.69, 9.17) is 20.1 Å². The maximum atomic E-state index is 6.37. The van der Waals surface area contributed by atoms with Crippen molar-refractivity contribution in [2.75, 3.05) is 0 Å². The van der Waals surface area contributed by atoms with Gasteiger partial charge in [-0.25, -0.2) is 0 Å². The van der Waals surface area contributed by atoms with E-state index in [1.165, 1.54) is 0 Å². The minimum Gasteiger partial charge on any atom is -0.488 e. The molecule has 8 aromatic rings. The number of hydrogen-bond acceptors (Lipinski definition) is 5. The summed E-state index contributed by atoms with van der Waals surface area (Å²) < 4.78 is 6.37. The van der Waals surface area contributed by atoms with Gasteiger partial charge in [0.05, 0.1) is 5.52 Å². The van der Waals surface area contributed by atoms with Gasteiger partial charge in [-0.1, -0.05) is 146 Å². The molecule has 0 saturated carbocycles. The molecule has 0 aliphatic rings. The van der Waals surface area contributed by atoms with E-state index in [2.05, 4.69) is 108 Å². The molecular weight excluding hydrogens is 590 g/mol.